The Morgan fingerprint density at radius 3 is 2.79 bits per heavy atom. The van der Waals surface area contributed by atoms with Crippen LogP contribution in [-0.2, 0) is 4.74 Å². The van der Waals surface area contributed by atoms with Crippen LogP contribution in [0.1, 0.15) is 25.7 Å². The van der Waals surface area contributed by atoms with Gasteiger partial charge in [-0.1, -0.05) is 0 Å². The Bertz CT molecular complexity index is 250. The molecule has 78 valence electrons. The first-order valence-corrected chi connectivity index (χ1v) is 5.39. The fraction of sp³-hybridized carbons (Fsp3) is 0.900. The zero-order chi connectivity index (χ0) is 9.71. The SMILES string of the molecule is O=C(O)OC1CC2C3CC[C@@H](C3)[C@@H]2N1. The molecule has 2 N–H and O–H groups in total. The van der Waals surface area contributed by atoms with E-state index < -0.39 is 6.16 Å². The van der Waals surface area contributed by atoms with Crippen molar-refractivity contribution in [1.29, 1.82) is 0 Å². The standard InChI is InChI=1S/C10H15NO3/c12-10(13)14-8-4-7-5-1-2-6(3-5)9(7)11-8/h5-9,11H,1-4H2,(H,12,13)/t5?,6-,7?,8?,9-/m0/s1. The molecule has 2 bridgehead atoms. The predicted molar refractivity (Wildman–Crippen MR) is 48.8 cm³/mol. The summed E-state index contributed by atoms with van der Waals surface area (Å²) in [6, 6.07) is 0.540. The first kappa shape index (κ1) is 8.53. The molecule has 3 unspecified atom stereocenters. The van der Waals surface area contributed by atoms with E-state index in [9.17, 15) is 4.79 Å². The minimum atomic E-state index is -1.16. The van der Waals surface area contributed by atoms with Gasteiger partial charge in [0.05, 0.1) is 0 Å². The number of ether oxygens (including phenoxy) is 1. The van der Waals surface area contributed by atoms with Gasteiger partial charge in [-0.15, -0.1) is 0 Å². The van der Waals surface area contributed by atoms with Gasteiger partial charge in [0.25, 0.3) is 0 Å². The van der Waals surface area contributed by atoms with E-state index in [1.807, 2.05) is 0 Å². The molecule has 3 fully saturated rings. The summed E-state index contributed by atoms with van der Waals surface area (Å²) in [4.78, 5) is 10.4. The van der Waals surface area contributed by atoms with Crippen LogP contribution in [0, 0.1) is 17.8 Å². The number of fused-ring (bicyclic) bond motifs is 5. The predicted octanol–water partition coefficient (Wildman–Crippen LogP) is 1.42. The largest absolute Gasteiger partial charge is 0.507 e. The lowest BCUT2D eigenvalue weighted by Gasteiger charge is -2.23. The zero-order valence-corrected chi connectivity index (χ0v) is 7.98. The molecule has 4 nitrogen and oxygen atoms in total. The van der Waals surface area contributed by atoms with Gasteiger partial charge in [-0.3, -0.25) is 5.32 Å². The second-order valence-corrected chi connectivity index (χ2v) is 4.80. The molecule has 0 radical (unpaired) electrons. The number of nitrogens with one attached hydrogen (secondary N) is 1. The number of carboxylic acid groups (broad SMARTS) is 1. The summed E-state index contributed by atoms with van der Waals surface area (Å²) in [5.41, 5.74) is 0. The molecular weight excluding hydrogens is 182 g/mol. The maximum Gasteiger partial charge on any atom is 0.507 e. The maximum absolute atomic E-state index is 10.4. The Morgan fingerprint density at radius 2 is 2.07 bits per heavy atom. The van der Waals surface area contributed by atoms with Crippen LogP contribution in [0.3, 0.4) is 0 Å². The van der Waals surface area contributed by atoms with Gasteiger partial charge in [0.1, 0.15) is 0 Å². The molecule has 3 rings (SSSR count). The number of carbonyl (C=O) groups is 1. The smallest absolute Gasteiger partial charge is 0.450 e. The third-order valence-electron chi connectivity index (χ3n) is 4.20. The molecule has 0 aromatic heterocycles. The van der Waals surface area contributed by atoms with Gasteiger partial charge >= 0.3 is 6.16 Å². The highest BCUT2D eigenvalue weighted by Crippen LogP contribution is 2.52. The van der Waals surface area contributed by atoms with Crippen LogP contribution >= 0.6 is 0 Å². The summed E-state index contributed by atoms with van der Waals surface area (Å²) in [5.74, 6) is 2.30. The van der Waals surface area contributed by atoms with Crippen molar-refractivity contribution in [2.45, 2.75) is 38.0 Å². The lowest BCUT2D eigenvalue weighted by Crippen LogP contribution is -2.37. The first-order chi connectivity index (χ1) is 6.74. The molecule has 5 atom stereocenters. The van der Waals surface area contributed by atoms with E-state index in [-0.39, 0.29) is 6.23 Å². The number of hydrogen-bond acceptors (Lipinski definition) is 3. The average molecular weight is 197 g/mol. The van der Waals surface area contributed by atoms with Crippen molar-refractivity contribution in [3.05, 3.63) is 0 Å². The Hall–Kier alpha value is -0.770. The van der Waals surface area contributed by atoms with Crippen molar-refractivity contribution in [2.24, 2.45) is 17.8 Å². The van der Waals surface area contributed by atoms with Crippen molar-refractivity contribution >= 4 is 6.16 Å². The first-order valence-electron chi connectivity index (χ1n) is 5.39. The number of rotatable bonds is 1. The molecule has 14 heavy (non-hydrogen) atoms. The van der Waals surface area contributed by atoms with E-state index in [1.165, 1.54) is 19.3 Å². The Kier molecular flexibility index (Phi) is 1.74. The summed E-state index contributed by atoms with van der Waals surface area (Å²) < 4.78 is 4.78. The van der Waals surface area contributed by atoms with E-state index in [0.717, 1.165) is 18.3 Å². The summed E-state index contributed by atoms with van der Waals surface area (Å²) in [7, 11) is 0. The Labute approximate surface area is 82.6 Å². The van der Waals surface area contributed by atoms with Gasteiger partial charge in [-0.2, -0.15) is 0 Å². The van der Waals surface area contributed by atoms with Crippen molar-refractivity contribution < 1.29 is 14.6 Å². The molecule has 2 saturated carbocycles. The molecule has 0 aromatic carbocycles. The quantitative estimate of drug-likeness (QED) is 0.624. The van der Waals surface area contributed by atoms with Crippen molar-refractivity contribution in [1.82, 2.24) is 5.32 Å². The Morgan fingerprint density at radius 1 is 1.29 bits per heavy atom. The van der Waals surface area contributed by atoms with Crippen LogP contribution in [0.15, 0.2) is 0 Å². The summed E-state index contributed by atoms with van der Waals surface area (Å²) in [6.07, 6.45) is 3.49. The highest BCUT2D eigenvalue weighted by Gasteiger charge is 2.52. The van der Waals surface area contributed by atoms with Crippen LogP contribution in [0.25, 0.3) is 0 Å². The van der Waals surface area contributed by atoms with Crippen LogP contribution in [0.5, 0.6) is 0 Å². The molecule has 2 aliphatic carbocycles. The third-order valence-corrected chi connectivity index (χ3v) is 4.20. The van der Waals surface area contributed by atoms with Crippen molar-refractivity contribution in [3.8, 4) is 0 Å². The fourth-order valence-electron chi connectivity index (χ4n) is 3.74. The lowest BCUT2D eigenvalue weighted by atomic mass is 9.85. The maximum atomic E-state index is 10.4. The minimum Gasteiger partial charge on any atom is -0.450 e. The second-order valence-electron chi connectivity index (χ2n) is 4.80. The van der Waals surface area contributed by atoms with Gasteiger partial charge in [-0.05, 0) is 37.0 Å². The molecule has 4 heteroatoms. The van der Waals surface area contributed by atoms with Gasteiger partial charge in [0.2, 0.25) is 0 Å². The van der Waals surface area contributed by atoms with Crippen molar-refractivity contribution in [3.63, 3.8) is 0 Å². The van der Waals surface area contributed by atoms with E-state index in [0.29, 0.717) is 12.0 Å². The molecule has 0 amide bonds. The van der Waals surface area contributed by atoms with Crippen molar-refractivity contribution in [2.75, 3.05) is 0 Å². The van der Waals surface area contributed by atoms with E-state index in [4.69, 9.17) is 9.84 Å². The molecule has 3 aliphatic rings. The topological polar surface area (TPSA) is 58.6 Å². The Balaban J connectivity index is 1.68. The highest BCUT2D eigenvalue weighted by atomic mass is 16.7. The summed E-state index contributed by atoms with van der Waals surface area (Å²) in [5, 5.41) is 11.8. The van der Waals surface area contributed by atoms with Crippen LogP contribution in [-0.4, -0.2) is 23.5 Å². The van der Waals surface area contributed by atoms with E-state index in [1.54, 1.807) is 0 Å². The average Bonchev–Trinajstić information content (AvgIpc) is 2.69. The monoisotopic (exact) mass is 197 g/mol. The fourth-order valence-corrected chi connectivity index (χ4v) is 3.74. The van der Waals surface area contributed by atoms with Gasteiger partial charge < -0.3 is 9.84 Å². The number of hydrogen-bond donors (Lipinski definition) is 2. The van der Waals surface area contributed by atoms with Gasteiger partial charge in [0, 0.05) is 12.5 Å². The van der Waals surface area contributed by atoms with Crippen LogP contribution in [0.4, 0.5) is 4.79 Å². The van der Waals surface area contributed by atoms with Gasteiger partial charge in [-0.25, -0.2) is 4.79 Å². The molecule has 0 aromatic rings. The zero-order valence-electron chi connectivity index (χ0n) is 7.98. The van der Waals surface area contributed by atoms with Crippen LogP contribution < -0.4 is 5.32 Å². The molecular formula is C10H15NO3. The van der Waals surface area contributed by atoms with Gasteiger partial charge in [0.15, 0.2) is 6.23 Å². The van der Waals surface area contributed by atoms with E-state index in [2.05, 4.69) is 5.32 Å². The minimum absolute atomic E-state index is 0.245. The van der Waals surface area contributed by atoms with E-state index >= 15 is 0 Å². The van der Waals surface area contributed by atoms with Crippen LogP contribution in [0.2, 0.25) is 0 Å². The second kappa shape index (κ2) is 2.86. The summed E-state index contributed by atoms with van der Waals surface area (Å²) in [6.45, 7) is 0. The normalized spacial score (nSPS) is 49.3. The summed E-state index contributed by atoms with van der Waals surface area (Å²) >= 11 is 0. The molecule has 0 spiro atoms. The molecule has 1 saturated heterocycles. The molecule has 1 heterocycles. The third kappa shape index (κ3) is 1.13. The molecule has 1 aliphatic heterocycles. The highest BCUT2D eigenvalue weighted by molar-refractivity contribution is 5.57. The lowest BCUT2D eigenvalue weighted by molar-refractivity contribution is 0.0406.